The van der Waals surface area contributed by atoms with E-state index in [0.717, 1.165) is 45.2 Å². The van der Waals surface area contributed by atoms with E-state index in [2.05, 4.69) is 6.92 Å². The predicted octanol–water partition coefficient (Wildman–Crippen LogP) is 3.11. The highest BCUT2D eigenvalue weighted by Crippen LogP contribution is 2.39. The number of hydrogen-bond donors (Lipinski definition) is 1. The molecule has 2 aliphatic rings. The largest absolute Gasteiger partial charge is 0.389 e. The van der Waals surface area contributed by atoms with E-state index in [-0.39, 0.29) is 0 Å². The Bertz CT molecular complexity index is 305. The number of unbranched alkanes of at least 4 members (excludes halogenated alkanes) is 3. The number of aliphatic hydroxyl groups is 1. The van der Waals surface area contributed by atoms with Crippen molar-refractivity contribution in [1.82, 2.24) is 4.90 Å². The first-order valence-electron chi connectivity index (χ1n) is 8.16. The van der Waals surface area contributed by atoms with E-state index in [0.29, 0.717) is 18.2 Å². The minimum atomic E-state index is -0.461. The third kappa shape index (κ3) is 3.71. The molecule has 19 heavy (non-hydrogen) atoms. The van der Waals surface area contributed by atoms with E-state index in [9.17, 15) is 9.90 Å². The van der Waals surface area contributed by atoms with Crippen molar-refractivity contribution in [2.45, 2.75) is 76.7 Å². The Morgan fingerprint density at radius 3 is 2.89 bits per heavy atom. The predicted molar refractivity (Wildman–Crippen MR) is 76.9 cm³/mol. The summed E-state index contributed by atoms with van der Waals surface area (Å²) in [7, 11) is 0. The molecule has 1 saturated carbocycles. The molecule has 1 N–H and O–H groups in total. The molecule has 2 unspecified atom stereocenters. The molecule has 1 amide bonds. The number of amides is 1. The van der Waals surface area contributed by atoms with Crippen molar-refractivity contribution in [1.29, 1.82) is 0 Å². The summed E-state index contributed by atoms with van der Waals surface area (Å²) < 4.78 is 0. The number of carbonyl (C=O) groups excluding carboxylic acids is 1. The first kappa shape index (κ1) is 14.8. The van der Waals surface area contributed by atoms with Gasteiger partial charge in [0, 0.05) is 25.4 Å². The monoisotopic (exact) mass is 267 g/mol. The van der Waals surface area contributed by atoms with Crippen LogP contribution >= 0.6 is 0 Å². The van der Waals surface area contributed by atoms with Crippen molar-refractivity contribution in [2.75, 3.05) is 13.1 Å². The second kappa shape index (κ2) is 6.74. The maximum absolute atomic E-state index is 12.2. The highest BCUT2D eigenvalue weighted by atomic mass is 16.3. The Morgan fingerprint density at radius 2 is 2.11 bits per heavy atom. The van der Waals surface area contributed by atoms with Gasteiger partial charge in [-0.1, -0.05) is 39.0 Å². The molecule has 3 nitrogen and oxygen atoms in total. The van der Waals surface area contributed by atoms with Crippen LogP contribution in [0, 0.1) is 5.92 Å². The van der Waals surface area contributed by atoms with E-state index >= 15 is 0 Å². The van der Waals surface area contributed by atoms with Gasteiger partial charge < -0.3 is 10.0 Å². The zero-order valence-electron chi connectivity index (χ0n) is 12.4. The highest BCUT2D eigenvalue weighted by molar-refractivity contribution is 5.76. The number of likely N-dealkylation sites (tertiary alicyclic amines) is 1. The van der Waals surface area contributed by atoms with Crippen LogP contribution in [-0.4, -0.2) is 34.6 Å². The van der Waals surface area contributed by atoms with Crippen LogP contribution < -0.4 is 0 Å². The summed E-state index contributed by atoms with van der Waals surface area (Å²) in [6.07, 6.45) is 10.5. The third-order valence-electron chi connectivity index (χ3n) is 5.02. The quantitative estimate of drug-likeness (QED) is 0.778. The molecule has 0 spiro atoms. The molecular formula is C16H29NO2. The lowest BCUT2D eigenvalue weighted by atomic mass is 9.71. The second-order valence-electron chi connectivity index (χ2n) is 6.45. The first-order chi connectivity index (χ1) is 9.15. The minimum Gasteiger partial charge on any atom is -0.389 e. The van der Waals surface area contributed by atoms with Gasteiger partial charge in [0.05, 0.1) is 5.60 Å². The number of hydrogen-bond acceptors (Lipinski definition) is 2. The van der Waals surface area contributed by atoms with Gasteiger partial charge in [0.2, 0.25) is 5.91 Å². The molecule has 0 radical (unpaired) electrons. The number of piperidine rings is 1. The smallest absolute Gasteiger partial charge is 0.222 e. The summed E-state index contributed by atoms with van der Waals surface area (Å²) in [6.45, 7) is 3.75. The summed E-state index contributed by atoms with van der Waals surface area (Å²) in [5.74, 6) is 0.637. The second-order valence-corrected chi connectivity index (χ2v) is 6.45. The Balaban J connectivity index is 1.78. The molecule has 1 aliphatic carbocycles. The van der Waals surface area contributed by atoms with E-state index in [1.54, 1.807) is 0 Å². The van der Waals surface area contributed by atoms with Crippen LogP contribution in [0.1, 0.15) is 71.1 Å². The van der Waals surface area contributed by atoms with Crippen LogP contribution in [0.3, 0.4) is 0 Å². The van der Waals surface area contributed by atoms with Crippen molar-refractivity contribution >= 4 is 5.91 Å². The maximum Gasteiger partial charge on any atom is 0.222 e. The average molecular weight is 267 g/mol. The molecule has 2 rings (SSSR count). The fraction of sp³-hybridized carbons (Fsp3) is 0.938. The molecule has 3 heteroatoms. The molecule has 0 aromatic rings. The van der Waals surface area contributed by atoms with Gasteiger partial charge in [-0.3, -0.25) is 4.79 Å². The maximum atomic E-state index is 12.2. The Hall–Kier alpha value is -0.570. The Morgan fingerprint density at radius 1 is 1.26 bits per heavy atom. The van der Waals surface area contributed by atoms with Gasteiger partial charge in [0.1, 0.15) is 0 Å². The average Bonchev–Trinajstić information content (AvgIpc) is 2.42. The molecule has 2 fully saturated rings. The highest BCUT2D eigenvalue weighted by Gasteiger charge is 2.43. The third-order valence-corrected chi connectivity index (χ3v) is 5.02. The molecule has 1 heterocycles. The van der Waals surface area contributed by atoms with E-state index in [4.69, 9.17) is 0 Å². The van der Waals surface area contributed by atoms with Crippen molar-refractivity contribution < 1.29 is 9.90 Å². The molecule has 0 aromatic heterocycles. The SMILES string of the molecule is CCCCCCC(=O)N1CCC2(O)CCCCC2C1. The van der Waals surface area contributed by atoms with Crippen LogP contribution in [0.5, 0.6) is 0 Å². The zero-order valence-corrected chi connectivity index (χ0v) is 12.4. The summed E-state index contributed by atoms with van der Waals surface area (Å²) in [4.78, 5) is 14.2. The fourth-order valence-electron chi connectivity index (χ4n) is 3.66. The molecule has 0 aromatic carbocycles. The summed E-state index contributed by atoms with van der Waals surface area (Å²) in [6, 6.07) is 0. The molecule has 1 aliphatic heterocycles. The molecule has 2 atom stereocenters. The minimum absolute atomic E-state index is 0.309. The first-order valence-corrected chi connectivity index (χ1v) is 8.16. The van der Waals surface area contributed by atoms with Crippen molar-refractivity contribution in [2.24, 2.45) is 5.92 Å². The number of fused-ring (bicyclic) bond motifs is 1. The Kier molecular flexibility index (Phi) is 5.26. The van der Waals surface area contributed by atoms with Gasteiger partial charge in [-0.15, -0.1) is 0 Å². The van der Waals surface area contributed by atoms with Crippen LogP contribution in [-0.2, 0) is 4.79 Å². The number of rotatable bonds is 5. The Labute approximate surface area is 117 Å². The van der Waals surface area contributed by atoms with Crippen LogP contribution in [0.2, 0.25) is 0 Å². The van der Waals surface area contributed by atoms with Gasteiger partial charge in [0.25, 0.3) is 0 Å². The normalized spacial score (nSPS) is 31.1. The van der Waals surface area contributed by atoms with Gasteiger partial charge >= 0.3 is 0 Å². The zero-order chi connectivity index (χ0) is 13.7. The van der Waals surface area contributed by atoms with Gasteiger partial charge in [-0.2, -0.15) is 0 Å². The summed E-state index contributed by atoms with van der Waals surface area (Å²) in [5.41, 5.74) is -0.461. The lowest BCUT2D eigenvalue weighted by molar-refractivity contribution is -0.143. The summed E-state index contributed by atoms with van der Waals surface area (Å²) >= 11 is 0. The van der Waals surface area contributed by atoms with Gasteiger partial charge in [0.15, 0.2) is 0 Å². The lowest BCUT2D eigenvalue weighted by Gasteiger charge is -2.47. The number of nitrogens with zero attached hydrogens (tertiary/aromatic N) is 1. The fourth-order valence-corrected chi connectivity index (χ4v) is 3.66. The van der Waals surface area contributed by atoms with E-state index in [1.807, 2.05) is 4.90 Å². The van der Waals surface area contributed by atoms with Crippen LogP contribution in [0.4, 0.5) is 0 Å². The van der Waals surface area contributed by atoms with E-state index < -0.39 is 5.60 Å². The lowest BCUT2D eigenvalue weighted by Crippen LogP contribution is -2.54. The van der Waals surface area contributed by atoms with Gasteiger partial charge in [-0.05, 0) is 25.7 Å². The van der Waals surface area contributed by atoms with Crippen LogP contribution in [0.15, 0.2) is 0 Å². The summed E-state index contributed by atoms with van der Waals surface area (Å²) in [5, 5.41) is 10.6. The van der Waals surface area contributed by atoms with Crippen LogP contribution in [0.25, 0.3) is 0 Å². The molecule has 0 bridgehead atoms. The standard InChI is InChI=1S/C16H29NO2/c1-2-3-4-5-9-15(18)17-12-11-16(19)10-7-6-8-14(16)13-17/h14,19H,2-13H2,1H3. The van der Waals surface area contributed by atoms with Crippen molar-refractivity contribution in [3.8, 4) is 0 Å². The van der Waals surface area contributed by atoms with Crippen molar-refractivity contribution in [3.63, 3.8) is 0 Å². The number of carbonyl (C=O) groups is 1. The van der Waals surface area contributed by atoms with Gasteiger partial charge in [-0.25, -0.2) is 0 Å². The topological polar surface area (TPSA) is 40.5 Å². The molecular weight excluding hydrogens is 238 g/mol. The van der Waals surface area contributed by atoms with E-state index in [1.165, 1.54) is 25.7 Å². The van der Waals surface area contributed by atoms with Crippen molar-refractivity contribution in [3.05, 3.63) is 0 Å². The molecule has 1 saturated heterocycles. The molecule has 110 valence electrons.